The van der Waals surface area contributed by atoms with Gasteiger partial charge in [-0.15, -0.1) is 4.73 Å². The van der Waals surface area contributed by atoms with E-state index in [1.165, 1.54) is 4.73 Å². The molecule has 4 N–H and O–H groups in total. The molecule has 6 nitrogen and oxygen atoms in total. The lowest BCUT2D eigenvalue weighted by Gasteiger charge is -2.21. The minimum absolute atomic E-state index is 0.0216. The Morgan fingerprint density at radius 3 is 2.89 bits per heavy atom. The number of nitrogens with zero attached hydrogens (tertiary/aromatic N) is 1. The standard InChI is InChI=1S/C12H17N3O3/c1-12(2,6-16)7-18-15-10-5-8(13)3-4-9(10)14-11(15)17/h3-5,16H,6-7,13H2,1-2H3,(H,14,17). The first-order valence-electron chi connectivity index (χ1n) is 5.67. The zero-order chi connectivity index (χ0) is 13.3. The van der Waals surface area contributed by atoms with Gasteiger partial charge in [0.05, 0.1) is 12.1 Å². The fraction of sp³-hybridized carbons (Fsp3) is 0.417. The van der Waals surface area contributed by atoms with Crippen molar-refractivity contribution in [2.75, 3.05) is 18.9 Å². The molecule has 6 heteroatoms. The van der Waals surface area contributed by atoms with Crippen molar-refractivity contribution in [3.63, 3.8) is 0 Å². The Hall–Kier alpha value is -1.95. The number of benzene rings is 1. The summed E-state index contributed by atoms with van der Waals surface area (Å²) in [6, 6.07) is 5.10. The molecule has 98 valence electrons. The van der Waals surface area contributed by atoms with Crippen LogP contribution in [0.15, 0.2) is 23.0 Å². The summed E-state index contributed by atoms with van der Waals surface area (Å²) in [7, 11) is 0. The van der Waals surface area contributed by atoms with Gasteiger partial charge in [-0.1, -0.05) is 13.8 Å². The molecule has 0 atom stereocenters. The zero-order valence-electron chi connectivity index (χ0n) is 10.4. The lowest BCUT2D eigenvalue weighted by atomic mass is 9.97. The van der Waals surface area contributed by atoms with Crippen LogP contribution in [0.1, 0.15) is 13.8 Å². The van der Waals surface area contributed by atoms with Crippen molar-refractivity contribution in [2.45, 2.75) is 13.8 Å². The predicted molar refractivity (Wildman–Crippen MR) is 69.3 cm³/mol. The van der Waals surface area contributed by atoms with Gasteiger partial charge < -0.3 is 20.7 Å². The number of aromatic amines is 1. The lowest BCUT2D eigenvalue weighted by molar-refractivity contribution is 0.0192. The summed E-state index contributed by atoms with van der Waals surface area (Å²) < 4.78 is 1.17. The summed E-state index contributed by atoms with van der Waals surface area (Å²) in [4.78, 5) is 19.9. The SMILES string of the molecule is CC(C)(CO)COn1c(=O)[nH]c2ccc(N)cc21. The van der Waals surface area contributed by atoms with E-state index in [0.29, 0.717) is 16.7 Å². The number of H-pyrrole nitrogens is 1. The van der Waals surface area contributed by atoms with E-state index in [-0.39, 0.29) is 18.9 Å². The van der Waals surface area contributed by atoms with Gasteiger partial charge in [0.25, 0.3) is 0 Å². The van der Waals surface area contributed by atoms with Gasteiger partial charge in [0.1, 0.15) is 12.1 Å². The molecule has 0 aliphatic heterocycles. The minimum atomic E-state index is -0.413. The molecule has 0 radical (unpaired) electrons. The molecule has 0 amide bonds. The molecule has 0 aliphatic rings. The summed E-state index contributed by atoms with van der Waals surface area (Å²) in [5.41, 5.74) is 6.73. The number of aliphatic hydroxyl groups is 1. The highest BCUT2D eigenvalue weighted by Crippen LogP contribution is 2.15. The van der Waals surface area contributed by atoms with Gasteiger partial charge in [-0.05, 0) is 18.2 Å². The van der Waals surface area contributed by atoms with Crippen LogP contribution in [-0.4, -0.2) is 28.0 Å². The number of nitrogens with two attached hydrogens (primary N) is 1. The highest BCUT2D eigenvalue weighted by atomic mass is 16.7. The van der Waals surface area contributed by atoms with Gasteiger partial charge in [0.2, 0.25) is 0 Å². The molecular formula is C12H17N3O3. The number of aromatic nitrogens is 2. The largest absolute Gasteiger partial charge is 0.408 e. The smallest absolute Gasteiger partial charge is 0.359 e. The Labute approximate surface area is 104 Å². The average molecular weight is 251 g/mol. The number of aliphatic hydroxyl groups excluding tert-OH is 1. The Bertz CT molecular complexity index is 613. The second kappa shape index (κ2) is 4.38. The van der Waals surface area contributed by atoms with Gasteiger partial charge in [0, 0.05) is 11.1 Å². The average Bonchev–Trinajstić information content (AvgIpc) is 2.62. The first-order valence-corrected chi connectivity index (χ1v) is 5.67. The van der Waals surface area contributed by atoms with E-state index in [9.17, 15) is 4.79 Å². The van der Waals surface area contributed by atoms with Gasteiger partial charge >= 0.3 is 5.69 Å². The second-order valence-electron chi connectivity index (χ2n) is 5.10. The summed E-state index contributed by atoms with van der Waals surface area (Å²) in [5.74, 6) is 0. The van der Waals surface area contributed by atoms with Crippen molar-refractivity contribution in [3.05, 3.63) is 28.7 Å². The molecule has 1 aromatic carbocycles. The van der Waals surface area contributed by atoms with Crippen LogP contribution in [0.4, 0.5) is 5.69 Å². The van der Waals surface area contributed by atoms with Crippen molar-refractivity contribution in [2.24, 2.45) is 5.41 Å². The van der Waals surface area contributed by atoms with Crippen LogP contribution in [0.2, 0.25) is 0 Å². The molecule has 0 unspecified atom stereocenters. The number of imidazole rings is 1. The second-order valence-corrected chi connectivity index (χ2v) is 5.10. The number of nitrogen functional groups attached to an aromatic ring is 1. The zero-order valence-corrected chi connectivity index (χ0v) is 10.4. The van der Waals surface area contributed by atoms with Crippen molar-refractivity contribution in [1.82, 2.24) is 9.71 Å². The number of hydrogen-bond donors (Lipinski definition) is 3. The van der Waals surface area contributed by atoms with Crippen LogP contribution in [0, 0.1) is 5.41 Å². The molecule has 0 aliphatic carbocycles. The van der Waals surface area contributed by atoms with Crippen LogP contribution < -0.4 is 16.3 Å². The molecule has 2 aromatic rings. The third kappa shape index (κ3) is 2.33. The monoisotopic (exact) mass is 251 g/mol. The molecule has 18 heavy (non-hydrogen) atoms. The molecule has 1 aromatic heterocycles. The first kappa shape index (κ1) is 12.5. The van der Waals surface area contributed by atoms with Crippen LogP contribution in [0.3, 0.4) is 0 Å². The van der Waals surface area contributed by atoms with Gasteiger partial charge in [-0.25, -0.2) is 4.79 Å². The predicted octanol–water partition coefficient (Wildman–Crippen LogP) is 0.359. The van der Waals surface area contributed by atoms with Gasteiger partial charge in [-0.3, -0.25) is 0 Å². The molecular weight excluding hydrogens is 234 g/mol. The summed E-state index contributed by atoms with van der Waals surface area (Å²) in [6.07, 6.45) is 0. The van der Waals surface area contributed by atoms with Crippen LogP contribution in [0.5, 0.6) is 0 Å². The van der Waals surface area contributed by atoms with E-state index in [1.54, 1.807) is 18.2 Å². The Morgan fingerprint density at radius 2 is 2.22 bits per heavy atom. The topological polar surface area (TPSA) is 93.3 Å². The van der Waals surface area contributed by atoms with E-state index in [2.05, 4.69) is 4.98 Å². The molecule has 0 saturated heterocycles. The van der Waals surface area contributed by atoms with Crippen molar-refractivity contribution in [1.29, 1.82) is 0 Å². The molecule has 2 rings (SSSR count). The lowest BCUT2D eigenvalue weighted by Crippen LogP contribution is -2.33. The van der Waals surface area contributed by atoms with E-state index in [1.807, 2.05) is 13.8 Å². The highest BCUT2D eigenvalue weighted by Gasteiger charge is 2.19. The Kier molecular flexibility index (Phi) is 3.04. The van der Waals surface area contributed by atoms with Crippen LogP contribution in [0.25, 0.3) is 11.0 Å². The third-order valence-corrected chi connectivity index (χ3v) is 2.68. The maximum Gasteiger partial charge on any atom is 0.359 e. The van der Waals surface area contributed by atoms with E-state index < -0.39 is 5.41 Å². The molecule has 0 fully saturated rings. The fourth-order valence-electron chi connectivity index (χ4n) is 1.51. The van der Waals surface area contributed by atoms with E-state index in [4.69, 9.17) is 15.7 Å². The Morgan fingerprint density at radius 1 is 1.50 bits per heavy atom. The van der Waals surface area contributed by atoms with Gasteiger partial charge in [-0.2, -0.15) is 0 Å². The maximum absolute atomic E-state index is 11.7. The van der Waals surface area contributed by atoms with Crippen LogP contribution >= 0.6 is 0 Å². The quantitative estimate of drug-likeness (QED) is 0.684. The first-order chi connectivity index (χ1) is 8.43. The summed E-state index contributed by atoms with van der Waals surface area (Å²) in [5, 5.41) is 9.15. The van der Waals surface area contributed by atoms with Crippen molar-refractivity contribution in [3.8, 4) is 0 Å². The number of fused-ring (bicyclic) bond motifs is 1. The molecule has 0 bridgehead atoms. The highest BCUT2D eigenvalue weighted by molar-refractivity contribution is 5.78. The third-order valence-electron chi connectivity index (χ3n) is 2.68. The number of hydrogen-bond acceptors (Lipinski definition) is 4. The van der Waals surface area contributed by atoms with Crippen molar-refractivity contribution < 1.29 is 9.94 Å². The number of rotatable bonds is 4. The molecule has 0 saturated carbocycles. The van der Waals surface area contributed by atoms with E-state index >= 15 is 0 Å². The van der Waals surface area contributed by atoms with Crippen molar-refractivity contribution >= 4 is 16.7 Å². The molecule has 0 spiro atoms. The number of anilines is 1. The van der Waals surface area contributed by atoms with Gasteiger partial charge in [0.15, 0.2) is 0 Å². The maximum atomic E-state index is 11.7. The summed E-state index contributed by atoms with van der Waals surface area (Å²) >= 11 is 0. The summed E-state index contributed by atoms with van der Waals surface area (Å²) in [6.45, 7) is 3.90. The number of nitrogens with one attached hydrogen (secondary N) is 1. The fourth-order valence-corrected chi connectivity index (χ4v) is 1.51. The normalized spacial score (nSPS) is 11.9. The Balaban J connectivity index is 2.36. The van der Waals surface area contributed by atoms with E-state index in [0.717, 1.165) is 0 Å². The van der Waals surface area contributed by atoms with Crippen LogP contribution in [-0.2, 0) is 0 Å². The minimum Gasteiger partial charge on any atom is -0.408 e. The molecule has 1 heterocycles.